The maximum absolute atomic E-state index is 11.8. The van der Waals surface area contributed by atoms with Crippen molar-refractivity contribution in [2.75, 3.05) is 7.11 Å². The molecule has 2 nitrogen and oxygen atoms in total. The second-order valence-corrected chi connectivity index (χ2v) is 12.0. The van der Waals surface area contributed by atoms with Gasteiger partial charge in [-0.3, -0.25) is 4.79 Å². The first-order valence-electron chi connectivity index (χ1n) is 5.72. The van der Waals surface area contributed by atoms with Gasteiger partial charge in [0.25, 0.3) is 0 Å². The highest BCUT2D eigenvalue weighted by Gasteiger charge is 2.27. The molecule has 1 atom stereocenters. The number of carbonyl (C=O) groups excluding carboxylic acids is 1. The molecule has 0 N–H and O–H groups in total. The molecule has 0 aromatic heterocycles. The molecule has 0 radical (unpaired) electrons. The SMILES string of the molecule is COC(=O)C(C[Si](C)(C)C)Sc1ccccc1. The van der Waals surface area contributed by atoms with E-state index in [0.717, 1.165) is 10.9 Å². The molecule has 0 aliphatic heterocycles. The van der Waals surface area contributed by atoms with Crippen LogP contribution in [0.15, 0.2) is 35.2 Å². The van der Waals surface area contributed by atoms with E-state index in [1.807, 2.05) is 30.3 Å². The average molecular weight is 268 g/mol. The summed E-state index contributed by atoms with van der Waals surface area (Å²) in [7, 11) is 0.189. The highest BCUT2D eigenvalue weighted by molar-refractivity contribution is 8.00. The molecule has 94 valence electrons. The molecule has 1 aromatic carbocycles. The number of esters is 1. The van der Waals surface area contributed by atoms with Crippen LogP contribution in [-0.2, 0) is 9.53 Å². The number of hydrogen-bond acceptors (Lipinski definition) is 3. The highest BCUT2D eigenvalue weighted by Crippen LogP contribution is 2.29. The predicted octanol–water partition coefficient (Wildman–Crippen LogP) is 3.66. The molecule has 1 unspecified atom stereocenters. The molecule has 0 heterocycles. The minimum atomic E-state index is -1.27. The molecule has 0 aliphatic rings. The topological polar surface area (TPSA) is 26.3 Å². The molecule has 1 aromatic rings. The van der Waals surface area contributed by atoms with Crippen LogP contribution in [0.4, 0.5) is 0 Å². The number of methoxy groups -OCH3 is 1. The third-order valence-corrected chi connectivity index (χ3v) is 5.40. The monoisotopic (exact) mass is 268 g/mol. The Morgan fingerprint density at radius 1 is 1.29 bits per heavy atom. The Balaban J connectivity index is 2.74. The van der Waals surface area contributed by atoms with E-state index in [2.05, 4.69) is 19.6 Å². The lowest BCUT2D eigenvalue weighted by atomic mass is 10.4. The largest absolute Gasteiger partial charge is 0.468 e. The third-order valence-electron chi connectivity index (χ3n) is 2.28. The number of hydrogen-bond donors (Lipinski definition) is 0. The van der Waals surface area contributed by atoms with Crippen LogP contribution in [0.1, 0.15) is 0 Å². The smallest absolute Gasteiger partial charge is 0.318 e. The first-order chi connectivity index (χ1) is 7.92. The predicted molar refractivity (Wildman–Crippen MR) is 76.3 cm³/mol. The van der Waals surface area contributed by atoms with E-state index in [9.17, 15) is 4.79 Å². The van der Waals surface area contributed by atoms with Crippen LogP contribution < -0.4 is 0 Å². The Morgan fingerprint density at radius 2 is 1.88 bits per heavy atom. The second kappa shape index (κ2) is 6.26. The number of ether oxygens (including phenoxy) is 1. The molecule has 1 rings (SSSR count). The van der Waals surface area contributed by atoms with Crippen molar-refractivity contribution < 1.29 is 9.53 Å². The normalized spacial score (nSPS) is 13.2. The Bertz CT molecular complexity index is 359. The van der Waals surface area contributed by atoms with E-state index < -0.39 is 8.07 Å². The number of thioether (sulfide) groups is 1. The van der Waals surface area contributed by atoms with Crippen LogP contribution in [0.25, 0.3) is 0 Å². The Morgan fingerprint density at radius 3 is 2.35 bits per heavy atom. The Labute approximate surface area is 109 Å². The zero-order chi connectivity index (χ0) is 12.9. The first-order valence-corrected chi connectivity index (χ1v) is 10.3. The van der Waals surface area contributed by atoms with E-state index in [0.29, 0.717) is 0 Å². The molecule has 17 heavy (non-hydrogen) atoms. The van der Waals surface area contributed by atoms with Gasteiger partial charge in [0.05, 0.1) is 7.11 Å². The van der Waals surface area contributed by atoms with E-state index in [1.165, 1.54) is 7.11 Å². The van der Waals surface area contributed by atoms with E-state index in [4.69, 9.17) is 4.74 Å². The summed E-state index contributed by atoms with van der Waals surface area (Å²) < 4.78 is 4.89. The summed E-state index contributed by atoms with van der Waals surface area (Å²) in [5.41, 5.74) is 0. The van der Waals surface area contributed by atoms with Gasteiger partial charge in [-0.15, -0.1) is 11.8 Å². The summed E-state index contributed by atoms with van der Waals surface area (Å²) in [5.74, 6) is -0.110. The molecular formula is C13H20O2SSi. The standard InChI is InChI=1S/C13H20O2SSi/c1-15-13(14)12(10-17(2,3)4)16-11-8-6-5-7-9-11/h5-9,12H,10H2,1-4H3. The average Bonchev–Trinajstić information content (AvgIpc) is 2.27. The van der Waals surface area contributed by atoms with Crippen LogP contribution >= 0.6 is 11.8 Å². The van der Waals surface area contributed by atoms with Gasteiger partial charge in [-0.2, -0.15) is 0 Å². The fourth-order valence-corrected chi connectivity index (χ4v) is 5.47. The Hall–Kier alpha value is -0.743. The van der Waals surface area contributed by atoms with Crippen molar-refractivity contribution >= 4 is 25.8 Å². The summed E-state index contributed by atoms with van der Waals surface area (Å²) in [6.45, 7) is 6.82. The molecule has 0 saturated heterocycles. The van der Waals surface area contributed by atoms with Crippen LogP contribution in [0.2, 0.25) is 25.7 Å². The number of rotatable bonds is 5. The van der Waals surface area contributed by atoms with E-state index in [1.54, 1.807) is 11.8 Å². The summed E-state index contributed by atoms with van der Waals surface area (Å²) in [4.78, 5) is 12.9. The van der Waals surface area contributed by atoms with Crippen molar-refractivity contribution in [2.45, 2.75) is 35.8 Å². The van der Waals surface area contributed by atoms with Gasteiger partial charge in [-0.25, -0.2) is 0 Å². The first kappa shape index (κ1) is 14.3. The van der Waals surface area contributed by atoms with Gasteiger partial charge in [0.15, 0.2) is 0 Å². The van der Waals surface area contributed by atoms with Gasteiger partial charge in [0.2, 0.25) is 0 Å². The van der Waals surface area contributed by atoms with Crippen molar-refractivity contribution in [3.05, 3.63) is 30.3 Å². The molecular weight excluding hydrogens is 248 g/mol. The van der Waals surface area contributed by atoms with Crippen LogP contribution in [0.3, 0.4) is 0 Å². The van der Waals surface area contributed by atoms with Crippen molar-refractivity contribution in [1.82, 2.24) is 0 Å². The summed E-state index contributed by atoms with van der Waals surface area (Å²) >= 11 is 1.61. The second-order valence-electron chi connectivity index (χ2n) is 5.21. The molecule has 0 amide bonds. The van der Waals surface area contributed by atoms with E-state index >= 15 is 0 Å². The zero-order valence-electron chi connectivity index (χ0n) is 10.9. The zero-order valence-corrected chi connectivity index (χ0v) is 12.7. The highest BCUT2D eigenvalue weighted by atomic mass is 32.2. The Kier molecular flexibility index (Phi) is 5.27. The summed E-state index contributed by atoms with van der Waals surface area (Å²) in [6.07, 6.45) is 0. The third kappa shape index (κ3) is 5.41. The molecule has 0 saturated carbocycles. The van der Waals surface area contributed by atoms with Gasteiger partial charge in [0.1, 0.15) is 5.25 Å². The maximum atomic E-state index is 11.8. The fourth-order valence-electron chi connectivity index (χ4n) is 1.52. The molecule has 0 bridgehead atoms. The van der Waals surface area contributed by atoms with E-state index in [-0.39, 0.29) is 11.2 Å². The van der Waals surface area contributed by atoms with Crippen LogP contribution in [-0.4, -0.2) is 26.4 Å². The summed E-state index contributed by atoms with van der Waals surface area (Å²) in [6, 6.07) is 11.0. The van der Waals surface area contributed by atoms with Gasteiger partial charge < -0.3 is 4.74 Å². The van der Waals surface area contributed by atoms with Crippen molar-refractivity contribution in [2.24, 2.45) is 0 Å². The van der Waals surface area contributed by atoms with Crippen LogP contribution in [0, 0.1) is 0 Å². The van der Waals surface area contributed by atoms with Gasteiger partial charge in [-0.05, 0) is 18.2 Å². The number of carbonyl (C=O) groups is 1. The minimum absolute atomic E-state index is 0.0749. The van der Waals surface area contributed by atoms with Gasteiger partial charge in [-0.1, -0.05) is 37.8 Å². The molecule has 0 spiro atoms. The number of benzene rings is 1. The summed E-state index contributed by atoms with van der Waals surface area (Å²) in [5, 5.41) is -0.0749. The maximum Gasteiger partial charge on any atom is 0.318 e. The molecule has 0 fully saturated rings. The minimum Gasteiger partial charge on any atom is -0.468 e. The molecule has 4 heteroatoms. The lowest BCUT2D eigenvalue weighted by molar-refractivity contribution is -0.139. The van der Waals surface area contributed by atoms with Crippen LogP contribution in [0.5, 0.6) is 0 Å². The van der Waals surface area contributed by atoms with Crippen molar-refractivity contribution in [1.29, 1.82) is 0 Å². The fraction of sp³-hybridized carbons (Fsp3) is 0.462. The lowest BCUT2D eigenvalue weighted by Crippen LogP contribution is -2.30. The molecule has 0 aliphatic carbocycles. The lowest BCUT2D eigenvalue weighted by Gasteiger charge is -2.22. The van der Waals surface area contributed by atoms with Crippen molar-refractivity contribution in [3.8, 4) is 0 Å². The van der Waals surface area contributed by atoms with Gasteiger partial charge >= 0.3 is 5.97 Å². The van der Waals surface area contributed by atoms with Crippen molar-refractivity contribution in [3.63, 3.8) is 0 Å². The quantitative estimate of drug-likeness (QED) is 0.463. The van der Waals surface area contributed by atoms with Gasteiger partial charge in [0, 0.05) is 13.0 Å².